The van der Waals surface area contributed by atoms with Gasteiger partial charge >= 0.3 is 12.0 Å². The first kappa shape index (κ1) is 16.1. The number of carboxylic acid groups (broad SMARTS) is 1. The van der Waals surface area contributed by atoms with E-state index in [2.05, 4.69) is 17.6 Å². The molecule has 4 atom stereocenters. The van der Waals surface area contributed by atoms with E-state index in [-0.39, 0.29) is 23.9 Å². The number of carboxylic acids is 1. The molecule has 0 bridgehead atoms. The van der Waals surface area contributed by atoms with Crippen molar-refractivity contribution in [1.29, 1.82) is 0 Å². The molecule has 0 radical (unpaired) electrons. The van der Waals surface area contributed by atoms with Crippen LogP contribution in [0.25, 0.3) is 0 Å². The van der Waals surface area contributed by atoms with Gasteiger partial charge in [-0.15, -0.1) is 0 Å². The fourth-order valence-electron chi connectivity index (χ4n) is 3.70. The Morgan fingerprint density at radius 3 is 2.57 bits per heavy atom. The number of carbonyl (C=O) groups excluding carboxylic acids is 1. The molecule has 0 aromatic rings. The Hall–Kier alpha value is -1.26. The summed E-state index contributed by atoms with van der Waals surface area (Å²) in [6.45, 7) is 2.75. The molecular formula is C16H28N2O3. The van der Waals surface area contributed by atoms with E-state index < -0.39 is 5.97 Å². The molecule has 5 heteroatoms. The van der Waals surface area contributed by atoms with E-state index in [1.807, 2.05) is 0 Å². The number of rotatable bonds is 4. The second kappa shape index (κ2) is 7.66. The second-order valence-electron chi connectivity index (χ2n) is 6.80. The number of hydrogen-bond donors (Lipinski definition) is 3. The third-order valence-corrected chi connectivity index (χ3v) is 5.09. The van der Waals surface area contributed by atoms with Crippen LogP contribution in [-0.2, 0) is 4.79 Å². The third kappa shape index (κ3) is 4.90. The van der Waals surface area contributed by atoms with Crippen molar-refractivity contribution >= 4 is 12.0 Å². The van der Waals surface area contributed by atoms with E-state index in [1.165, 1.54) is 19.3 Å². The van der Waals surface area contributed by atoms with Gasteiger partial charge in [-0.25, -0.2) is 4.79 Å². The van der Waals surface area contributed by atoms with Crippen molar-refractivity contribution in [2.24, 2.45) is 17.8 Å². The summed E-state index contributed by atoms with van der Waals surface area (Å²) < 4.78 is 0. The molecule has 2 rings (SSSR count). The van der Waals surface area contributed by atoms with Crippen LogP contribution in [0.2, 0.25) is 0 Å². The summed E-state index contributed by atoms with van der Waals surface area (Å²) in [6.07, 6.45) is 8.30. The highest BCUT2D eigenvalue weighted by molar-refractivity contribution is 5.74. The smallest absolute Gasteiger partial charge is 0.315 e. The highest BCUT2D eigenvalue weighted by Gasteiger charge is 2.32. The van der Waals surface area contributed by atoms with E-state index in [0.717, 1.165) is 38.0 Å². The van der Waals surface area contributed by atoms with Crippen molar-refractivity contribution in [2.75, 3.05) is 6.54 Å². The minimum absolute atomic E-state index is 0.0856. The monoisotopic (exact) mass is 296 g/mol. The van der Waals surface area contributed by atoms with E-state index in [4.69, 9.17) is 5.11 Å². The van der Waals surface area contributed by atoms with Crippen molar-refractivity contribution in [2.45, 2.75) is 64.3 Å². The Labute approximate surface area is 126 Å². The number of urea groups is 1. The Balaban J connectivity index is 1.71. The Kier molecular flexibility index (Phi) is 5.88. The number of aliphatic carboxylic acids is 1. The highest BCUT2D eigenvalue weighted by Crippen LogP contribution is 2.31. The van der Waals surface area contributed by atoms with Gasteiger partial charge in [-0.3, -0.25) is 4.79 Å². The molecule has 0 heterocycles. The maximum Gasteiger partial charge on any atom is 0.315 e. The average Bonchev–Trinajstić information content (AvgIpc) is 2.82. The summed E-state index contributed by atoms with van der Waals surface area (Å²) in [4.78, 5) is 23.1. The molecule has 21 heavy (non-hydrogen) atoms. The van der Waals surface area contributed by atoms with Crippen LogP contribution in [-0.4, -0.2) is 29.7 Å². The fourth-order valence-corrected chi connectivity index (χ4v) is 3.70. The van der Waals surface area contributed by atoms with Crippen LogP contribution < -0.4 is 10.6 Å². The van der Waals surface area contributed by atoms with E-state index in [1.54, 1.807) is 0 Å². The molecule has 0 aromatic heterocycles. The van der Waals surface area contributed by atoms with Crippen molar-refractivity contribution in [3.63, 3.8) is 0 Å². The van der Waals surface area contributed by atoms with Crippen LogP contribution >= 0.6 is 0 Å². The molecule has 2 aliphatic rings. The molecule has 0 spiro atoms. The van der Waals surface area contributed by atoms with Crippen LogP contribution in [0.4, 0.5) is 4.79 Å². The zero-order chi connectivity index (χ0) is 15.2. The maximum atomic E-state index is 12.0. The lowest BCUT2D eigenvalue weighted by atomic mass is 9.96. The second-order valence-corrected chi connectivity index (χ2v) is 6.80. The fraction of sp³-hybridized carbons (Fsp3) is 0.875. The molecule has 2 aliphatic carbocycles. The van der Waals surface area contributed by atoms with Gasteiger partial charge in [-0.1, -0.05) is 26.2 Å². The first-order chi connectivity index (χ1) is 10.1. The molecule has 0 saturated heterocycles. The van der Waals surface area contributed by atoms with Gasteiger partial charge in [0.05, 0.1) is 5.92 Å². The van der Waals surface area contributed by atoms with E-state index >= 15 is 0 Å². The van der Waals surface area contributed by atoms with Gasteiger partial charge in [0.25, 0.3) is 0 Å². The zero-order valence-electron chi connectivity index (χ0n) is 12.9. The van der Waals surface area contributed by atoms with Gasteiger partial charge in [-0.05, 0) is 43.9 Å². The predicted molar refractivity (Wildman–Crippen MR) is 81.0 cm³/mol. The van der Waals surface area contributed by atoms with Crippen molar-refractivity contribution in [3.05, 3.63) is 0 Å². The summed E-state index contributed by atoms with van der Waals surface area (Å²) >= 11 is 0. The third-order valence-electron chi connectivity index (χ3n) is 5.09. The van der Waals surface area contributed by atoms with Crippen molar-refractivity contribution < 1.29 is 14.7 Å². The number of hydrogen-bond acceptors (Lipinski definition) is 2. The molecular weight excluding hydrogens is 268 g/mol. The molecule has 2 fully saturated rings. The standard InChI is InChI=1S/C16H28N2O3/c1-11-4-2-6-13(9-8-11)18-16(21)17-10-12-5-3-7-14(12)15(19)20/h11-14H,2-10H2,1H3,(H,19,20)(H2,17,18,21). The lowest BCUT2D eigenvalue weighted by Gasteiger charge is -2.20. The van der Waals surface area contributed by atoms with Gasteiger partial charge in [-0.2, -0.15) is 0 Å². The predicted octanol–water partition coefficient (Wildman–Crippen LogP) is 2.76. The first-order valence-electron chi connectivity index (χ1n) is 8.33. The number of carbonyl (C=O) groups is 2. The summed E-state index contributed by atoms with van der Waals surface area (Å²) in [5, 5.41) is 15.1. The van der Waals surface area contributed by atoms with Gasteiger partial charge in [0, 0.05) is 12.6 Å². The largest absolute Gasteiger partial charge is 0.481 e. The van der Waals surface area contributed by atoms with Crippen LogP contribution in [0.1, 0.15) is 58.3 Å². The number of nitrogens with one attached hydrogen (secondary N) is 2. The molecule has 2 saturated carbocycles. The molecule has 0 aliphatic heterocycles. The van der Waals surface area contributed by atoms with Crippen LogP contribution in [0.15, 0.2) is 0 Å². The minimum Gasteiger partial charge on any atom is -0.481 e. The van der Waals surface area contributed by atoms with Crippen molar-refractivity contribution in [1.82, 2.24) is 10.6 Å². The quantitative estimate of drug-likeness (QED) is 0.698. The number of amides is 2. The van der Waals surface area contributed by atoms with Gasteiger partial charge in [0.1, 0.15) is 0 Å². The van der Waals surface area contributed by atoms with Gasteiger partial charge < -0.3 is 15.7 Å². The van der Waals surface area contributed by atoms with E-state index in [0.29, 0.717) is 6.54 Å². The molecule has 120 valence electrons. The Bertz CT molecular complexity index is 373. The lowest BCUT2D eigenvalue weighted by Crippen LogP contribution is -2.44. The summed E-state index contributed by atoms with van der Waals surface area (Å²) in [5.74, 6) is -0.168. The van der Waals surface area contributed by atoms with Crippen LogP contribution in [0.3, 0.4) is 0 Å². The Morgan fingerprint density at radius 1 is 1.05 bits per heavy atom. The summed E-state index contributed by atoms with van der Waals surface area (Å²) in [5.41, 5.74) is 0. The summed E-state index contributed by atoms with van der Waals surface area (Å²) in [6, 6.07) is 0.138. The lowest BCUT2D eigenvalue weighted by molar-refractivity contribution is -0.142. The normalized spacial score (nSPS) is 33.2. The summed E-state index contributed by atoms with van der Waals surface area (Å²) in [7, 11) is 0. The maximum absolute atomic E-state index is 12.0. The average molecular weight is 296 g/mol. The van der Waals surface area contributed by atoms with Crippen LogP contribution in [0, 0.1) is 17.8 Å². The Morgan fingerprint density at radius 2 is 1.81 bits per heavy atom. The molecule has 3 N–H and O–H groups in total. The zero-order valence-corrected chi connectivity index (χ0v) is 12.9. The minimum atomic E-state index is -0.725. The topological polar surface area (TPSA) is 78.4 Å². The van der Waals surface area contributed by atoms with Crippen LogP contribution in [0.5, 0.6) is 0 Å². The molecule has 2 amide bonds. The SMILES string of the molecule is CC1CCCC(NC(=O)NCC2CCCC2C(=O)O)CC1. The van der Waals surface area contributed by atoms with E-state index in [9.17, 15) is 9.59 Å². The molecule has 5 nitrogen and oxygen atoms in total. The van der Waals surface area contributed by atoms with Gasteiger partial charge in [0.2, 0.25) is 0 Å². The van der Waals surface area contributed by atoms with Gasteiger partial charge in [0.15, 0.2) is 0 Å². The molecule has 4 unspecified atom stereocenters. The molecule has 0 aromatic carbocycles. The highest BCUT2D eigenvalue weighted by atomic mass is 16.4. The first-order valence-corrected chi connectivity index (χ1v) is 8.33. The van der Waals surface area contributed by atoms with Crippen molar-refractivity contribution in [3.8, 4) is 0 Å².